The molecule has 0 radical (unpaired) electrons. The van der Waals surface area contributed by atoms with Gasteiger partial charge in [0, 0.05) is 44.8 Å². The van der Waals surface area contributed by atoms with Gasteiger partial charge in [0.15, 0.2) is 0 Å². The van der Waals surface area contributed by atoms with E-state index in [0.717, 1.165) is 38.4 Å². The summed E-state index contributed by atoms with van der Waals surface area (Å²) in [6.07, 6.45) is 3.15. The van der Waals surface area contributed by atoms with E-state index in [1.165, 1.54) is 5.69 Å². The molecule has 2 heterocycles. The number of furan rings is 1. The summed E-state index contributed by atoms with van der Waals surface area (Å²) in [7, 11) is 0. The molecule has 5 nitrogen and oxygen atoms in total. The van der Waals surface area contributed by atoms with Crippen LogP contribution in [0.15, 0.2) is 53.1 Å². The highest BCUT2D eigenvalue weighted by Crippen LogP contribution is 2.24. The van der Waals surface area contributed by atoms with Gasteiger partial charge >= 0.3 is 0 Å². The first-order valence-electron chi connectivity index (χ1n) is 9.12. The number of anilines is 1. The van der Waals surface area contributed by atoms with E-state index in [4.69, 9.17) is 4.42 Å². The summed E-state index contributed by atoms with van der Waals surface area (Å²) in [5.41, 5.74) is 1.27. The molecule has 3 rings (SSSR count). The van der Waals surface area contributed by atoms with E-state index in [9.17, 15) is 4.79 Å². The van der Waals surface area contributed by atoms with Crippen LogP contribution in [0.5, 0.6) is 0 Å². The van der Waals surface area contributed by atoms with Gasteiger partial charge in [-0.15, -0.1) is 0 Å². The molecule has 5 heteroatoms. The molecule has 1 amide bonds. The van der Waals surface area contributed by atoms with Crippen LogP contribution in [0, 0.1) is 0 Å². The lowest BCUT2D eigenvalue weighted by atomic mass is 10.1. The molecule has 2 aromatic rings. The van der Waals surface area contributed by atoms with Crippen molar-refractivity contribution in [2.45, 2.75) is 25.8 Å². The van der Waals surface area contributed by atoms with Gasteiger partial charge in [-0.3, -0.25) is 9.69 Å². The molecule has 1 aliphatic heterocycles. The number of amides is 1. The van der Waals surface area contributed by atoms with Crippen LogP contribution in [0.25, 0.3) is 0 Å². The Morgan fingerprint density at radius 1 is 1.12 bits per heavy atom. The topological polar surface area (TPSA) is 48.7 Å². The molecule has 0 spiro atoms. The molecule has 1 aromatic carbocycles. The smallest absolute Gasteiger partial charge is 0.220 e. The number of piperazine rings is 1. The van der Waals surface area contributed by atoms with Gasteiger partial charge in [0.2, 0.25) is 5.91 Å². The summed E-state index contributed by atoms with van der Waals surface area (Å²) in [6.45, 7) is 6.46. The summed E-state index contributed by atoms with van der Waals surface area (Å²) in [5, 5.41) is 3.06. The molecule has 1 aliphatic rings. The number of nitrogens with one attached hydrogen (secondary N) is 1. The van der Waals surface area contributed by atoms with E-state index in [1.807, 2.05) is 25.1 Å². The van der Waals surface area contributed by atoms with Gasteiger partial charge in [0.25, 0.3) is 0 Å². The van der Waals surface area contributed by atoms with E-state index in [-0.39, 0.29) is 11.9 Å². The SMILES string of the molecule is CCCC(=O)NC[C@H](c1ccco1)N1CCN(c2ccccc2)CC1. The quantitative estimate of drug-likeness (QED) is 0.841. The van der Waals surface area contributed by atoms with Crippen LogP contribution in [-0.4, -0.2) is 43.5 Å². The Hall–Kier alpha value is -2.27. The molecule has 1 aromatic heterocycles. The minimum Gasteiger partial charge on any atom is -0.468 e. The van der Waals surface area contributed by atoms with Gasteiger partial charge < -0.3 is 14.6 Å². The summed E-state index contributed by atoms with van der Waals surface area (Å²) >= 11 is 0. The number of hydrogen-bond acceptors (Lipinski definition) is 4. The van der Waals surface area contributed by atoms with E-state index in [1.54, 1.807) is 6.26 Å². The maximum absolute atomic E-state index is 11.9. The normalized spacial score (nSPS) is 16.6. The molecule has 25 heavy (non-hydrogen) atoms. The second-order valence-corrected chi connectivity index (χ2v) is 6.44. The number of benzene rings is 1. The highest BCUT2D eigenvalue weighted by atomic mass is 16.3. The van der Waals surface area contributed by atoms with Gasteiger partial charge in [-0.25, -0.2) is 0 Å². The van der Waals surface area contributed by atoms with E-state index in [2.05, 4.69) is 39.4 Å². The summed E-state index contributed by atoms with van der Waals surface area (Å²) in [4.78, 5) is 16.7. The molecular weight excluding hydrogens is 314 g/mol. The van der Waals surface area contributed by atoms with E-state index in [0.29, 0.717) is 13.0 Å². The number of rotatable bonds is 7. The van der Waals surface area contributed by atoms with Gasteiger partial charge in [-0.05, 0) is 30.7 Å². The average Bonchev–Trinajstić information content (AvgIpc) is 3.18. The zero-order chi connectivity index (χ0) is 17.5. The number of nitrogens with zero attached hydrogens (tertiary/aromatic N) is 2. The van der Waals surface area contributed by atoms with Crippen molar-refractivity contribution in [3.8, 4) is 0 Å². The predicted molar refractivity (Wildman–Crippen MR) is 99.6 cm³/mol. The highest BCUT2D eigenvalue weighted by molar-refractivity contribution is 5.75. The highest BCUT2D eigenvalue weighted by Gasteiger charge is 2.27. The van der Waals surface area contributed by atoms with Crippen LogP contribution < -0.4 is 10.2 Å². The first-order valence-corrected chi connectivity index (χ1v) is 9.12. The predicted octanol–water partition coefficient (Wildman–Crippen LogP) is 3.06. The first-order chi connectivity index (χ1) is 12.3. The Kier molecular flexibility index (Phi) is 6.12. The van der Waals surface area contributed by atoms with Crippen LogP contribution in [0.4, 0.5) is 5.69 Å². The van der Waals surface area contributed by atoms with Crippen molar-refractivity contribution in [3.05, 3.63) is 54.5 Å². The third-order valence-corrected chi connectivity index (χ3v) is 4.72. The maximum Gasteiger partial charge on any atom is 0.220 e. The fourth-order valence-electron chi connectivity index (χ4n) is 3.35. The Balaban J connectivity index is 1.61. The summed E-state index contributed by atoms with van der Waals surface area (Å²) in [5.74, 6) is 1.03. The largest absolute Gasteiger partial charge is 0.468 e. The molecule has 0 unspecified atom stereocenters. The van der Waals surface area contributed by atoms with Crippen LogP contribution in [0.3, 0.4) is 0 Å². The van der Waals surface area contributed by atoms with Crippen molar-refractivity contribution in [3.63, 3.8) is 0 Å². The van der Waals surface area contributed by atoms with Crippen molar-refractivity contribution >= 4 is 11.6 Å². The minimum absolute atomic E-state index is 0.0914. The van der Waals surface area contributed by atoms with Crippen molar-refractivity contribution in [2.75, 3.05) is 37.6 Å². The zero-order valence-corrected chi connectivity index (χ0v) is 14.9. The fraction of sp³-hybridized carbons (Fsp3) is 0.450. The Morgan fingerprint density at radius 2 is 1.88 bits per heavy atom. The molecule has 0 saturated carbocycles. The lowest BCUT2D eigenvalue weighted by Crippen LogP contribution is -2.49. The summed E-state index contributed by atoms with van der Waals surface area (Å²) < 4.78 is 5.65. The molecule has 1 saturated heterocycles. The van der Waals surface area contributed by atoms with Crippen LogP contribution in [-0.2, 0) is 4.79 Å². The fourth-order valence-corrected chi connectivity index (χ4v) is 3.35. The molecule has 1 atom stereocenters. The minimum atomic E-state index is 0.0914. The lowest BCUT2D eigenvalue weighted by Gasteiger charge is -2.39. The second kappa shape index (κ2) is 8.72. The third kappa shape index (κ3) is 4.63. The maximum atomic E-state index is 11.9. The Morgan fingerprint density at radius 3 is 2.52 bits per heavy atom. The number of carbonyl (C=O) groups excluding carboxylic acids is 1. The molecule has 1 N–H and O–H groups in total. The van der Waals surface area contributed by atoms with E-state index >= 15 is 0 Å². The Labute approximate surface area is 149 Å². The third-order valence-electron chi connectivity index (χ3n) is 4.72. The zero-order valence-electron chi connectivity index (χ0n) is 14.9. The van der Waals surface area contributed by atoms with Gasteiger partial charge in [-0.2, -0.15) is 0 Å². The molecule has 134 valence electrons. The standard InChI is InChI=1S/C20H27N3O2/c1-2-7-20(24)21-16-18(19-10-6-15-25-19)23-13-11-22(12-14-23)17-8-4-3-5-9-17/h3-6,8-10,15,18H,2,7,11-14,16H2,1H3,(H,21,24)/t18-/m1/s1. The van der Waals surface area contributed by atoms with Crippen LogP contribution >= 0.6 is 0 Å². The van der Waals surface area contributed by atoms with Crippen molar-refractivity contribution in [2.24, 2.45) is 0 Å². The lowest BCUT2D eigenvalue weighted by molar-refractivity contribution is -0.121. The van der Waals surface area contributed by atoms with Crippen LogP contribution in [0.2, 0.25) is 0 Å². The molecular formula is C20H27N3O2. The van der Waals surface area contributed by atoms with Gasteiger partial charge in [-0.1, -0.05) is 25.1 Å². The number of para-hydroxylation sites is 1. The van der Waals surface area contributed by atoms with Crippen molar-refractivity contribution < 1.29 is 9.21 Å². The average molecular weight is 341 g/mol. The van der Waals surface area contributed by atoms with Gasteiger partial charge in [0.1, 0.15) is 5.76 Å². The first kappa shape index (κ1) is 17.5. The second-order valence-electron chi connectivity index (χ2n) is 6.44. The molecule has 0 aliphatic carbocycles. The Bertz CT molecular complexity index is 634. The number of carbonyl (C=O) groups is 1. The van der Waals surface area contributed by atoms with E-state index < -0.39 is 0 Å². The van der Waals surface area contributed by atoms with Gasteiger partial charge in [0.05, 0.1) is 12.3 Å². The number of hydrogen-bond donors (Lipinski definition) is 1. The monoisotopic (exact) mass is 341 g/mol. The van der Waals surface area contributed by atoms with Crippen LogP contribution in [0.1, 0.15) is 31.6 Å². The molecule has 1 fully saturated rings. The molecule has 0 bridgehead atoms. The summed E-state index contributed by atoms with van der Waals surface area (Å²) in [6, 6.07) is 14.5. The van der Waals surface area contributed by atoms with Crippen molar-refractivity contribution in [1.82, 2.24) is 10.2 Å². The van der Waals surface area contributed by atoms with Crippen molar-refractivity contribution in [1.29, 1.82) is 0 Å².